The van der Waals surface area contributed by atoms with Gasteiger partial charge in [-0.3, -0.25) is 0 Å². The van der Waals surface area contributed by atoms with E-state index in [4.69, 9.17) is 0 Å². The topological polar surface area (TPSA) is 4.93 Å². The predicted molar refractivity (Wildman–Crippen MR) is 80.1 cm³/mol. The van der Waals surface area contributed by atoms with Crippen LogP contribution in [0.4, 0.5) is 0 Å². The lowest BCUT2D eigenvalue weighted by atomic mass is 10.2. The Morgan fingerprint density at radius 2 is 1.80 bits per heavy atom. The van der Waals surface area contributed by atoms with Crippen molar-refractivity contribution in [1.29, 1.82) is 0 Å². The molecule has 0 atom stereocenters. The van der Waals surface area contributed by atoms with Crippen LogP contribution in [0, 0.1) is 14.3 Å². The zero-order chi connectivity index (χ0) is 10.8. The van der Waals surface area contributed by atoms with E-state index in [1.54, 1.807) is 0 Å². The molecular formula is C12H11I2N. The van der Waals surface area contributed by atoms with Crippen LogP contribution in [0.3, 0.4) is 0 Å². The Kier molecular flexibility index (Phi) is 3.71. The monoisotopic (exact) mass is 423 g/mol. The summed E-state index contributed by atoms with van der Waals surface area (Å²) in [6, 6.07) is 12.8. The highest BCUT2D eigenvalue weighted by molar-refractivity contribution is 14.1. The molecule has 0 spiro atoms. The van der Waals surface area contributed by atoms with E-state index >= 15 is 0 Å². The maximum Gasteiger partial charge on any atom is 0.0839 e. The molecule has 1 heterocycles. The van der Waals surface area contributed by atoms with Crippen molar-refractivity contribution in [2.45, 2.75) is 13.5 Å². The molecule has 2 rings (SSSR count). The second-order valence-electron chi connectivity index (χ2n) is 3.51. The van der Waals surface area contributed by atoms with Crippen LogP contribution in [0.2, 0.25) is 0 Å². The number of nitrogens with zero attached hydrogens (tertiary/aromatic N) is 1. The molecule has 0 fully saturated rings. The molecule has 78 valence electrons. The van der Waals surface area contributed by atoms with Crippen LogP contribution < -0.4 is 0 Å². The number of aromatic nitrogens is 1. The molecule has 0 aliphatic heterocycles. The second-order valence-corrected chi connectivity index (χ2v) is 5.64. The van der Waals surface area contributed by atoms with Crippen LogP contribution >= 0.6 is 45.2 Å². The molecule has 1 aromatic heterocycles. The van der Waals surface area contributed by atoms with Crippen LogP contribution in [0.1, 0.15) is 11.1 Å². The van der Waals surface area contributed by atoms with E-state index < -0.39 is 0 Å². The molecule has 1 aromatic carbocycles. The van der Waals surface area contributed by atoms with Gasteiger partial charge in [0.05, 0.1) is 7.40 Å². The Morgan fingerprint density at radius 1 is 1.13 bits per heavy atom. The van der Waals surface area contributed by atoms with Gasteiger partial charge in [0.15, 0.2) is 0 Å². The molecule has 0 saturated carbocycles. The lowest BCUT2D eigenvalue weighted by Gasteiger charge is -2.07. The van der Waals surface area contributed by atoms with E-state index in [0.717, 1.165) is 6.54 Å². The predicted octanol–water partition coefficient (Wildman–Crippen LogP) is 4.05. The summed E-state index contributed by atoms with van der Waals surface area (Å²) in [6.45, 7) is 3.12. The fraction of sp³-hybridized carbons (Fsp3) is 0.167. The molecule has 0 unspecified atom stereocenters. The summed E-state index contributed by atoms with van der Waals surface area (Å²) in [5.41, 5.74) is 2.71. The number of halogens is 2. The molecule has 0 N–H and O–H groups in total. The van der Waals surface area contributed by atoms with Gasteiger partial charge in [-0.15, -0.1) is 0 Å². The molecule has 0 radical (unpaired) electrons. The largest absolute Gasteiger partial charge is 0.327 e. The van der Waals surface area contributed by atoms with E-state index in [2.05, 4.69) is 93.1 Å². The van der Waals surface area contributed by atoms with Gasteiger partial charge in [-0.05, 0) is 69.3 Å². The number of rotatable bonds is 2. The van der Waals surface area contributed by atoms with Crippen LogP contribution in [0.5, 0.6) is 0 Å². The van der Waals surface area contributed by atoms with E-state index in [9.17, 15) is 0 Å². The van der Waals surface area contributed by atoms with Gasteiger partial charge >= 0.3 is 0 Å². The van der Waals surface area contributed by atoms with Gasteiger partial charge in [0.1, 0.15) is 0 Å². The summed E-state index contributed by atoms with van der Waals surface area (Å²) in [6.07, 6.45) is 0. The summed E-state index contributed by atoms with van der Waals surface area (Å²) in [4.78, 5) is 0. The van der Waals surface area contributed by atoms with Gasteiger partial charge in [0.2, 0.25) is 0 Å². The summed E-state index contributed by atoms with van der Waals surface area (Å²) in [7, 11) is 0. The highest BCUT2D eigenvalue weighted by Gasteiger charge is 2.07. The van der Waals surface area contributed by atoms with Gasteiger partial charge in [-0.2, -0.15) is 0 Å². The van der Waals surface area contributed by atoms with Crippen molar-refractivity contribution in [3.8, 4) is 0 Å². The molecule has 1 nitrogen and oxygen atoms in total. The highest BCUT2D eigenvalue weighted by Crippen LogP contribution is 2.20. The van der Waals surface area contributed by atoms with Crippen LogP contribution in [-0.2, 0) is 6.54 Å². The van der Waals surface area contributed by atoms with Crippen molar-refractivity contribution in [2.24, 2.45) is 0 Å². The molecule has 0 bridgehead atoms. The molecule has 0 amide bonds. The molecule has 15 heavy (non-hydrogen) atoms. The van der Waals surface area contributed by atoms with Crippen molar-refractivity contribution in [3.63, 3.8) is 0 Å². The minimum atomic E-state index is 0.964. The van der Waals surface area contributed by atoms with E-state index in [-0.39, 0.29) is 0 Å². The van der Waals surface area contributed by atoms with Crippen LogP contribution in [0.15, 0.2) is 36.4 Å². The zero-order valence-corrected chi connectivity index (χ0v) is 12.7. The van der Waals surface area contributed by atoms with Crippen molar-refractivity contribution in [2.75, 3.05) is 0 Å². The molecular weight excluding hydrogens is 412 g/mol. The van der Waals surface area contributed by atoms with Crippen molar-refractivity contribution in [1.82, 2.24) is 4.57 Å². The summed E-state index contributed by atoms with van der Waals surface area (Å²) in [5, 5.41) is 0. The molecule has 0 aliphatic rings. The lowest BCUT2D eigenvalue weighted by molar-refractivity contribution is 0.763. The minimum absolute atomic E-state index is 0.964. The fourth-order valence-corrected chi connectivity index (χ4v) is 3.46. The average Bonchev–Trinajstić information content (AvgIpc) is 2.47. The first-order valence-corrected chi connectivity index (χ1v) is 6.89. The Balaban J connectivity index is 2.32. The number of hydrogen-bond acceptors (Lipinski definition) is 0. The van der Waals surface area contributed by atoms with Gasteiger partial charge in [0.25, 0.3) is 0 Å². The van der Waals surface area contributed by atoms with Crippen molar-refractivity contribution < 1.29 is 0 Å². The summed E-state index contributed by atoms with van der Waals surface area (Å²) < 4.78 is 4.98. The highest BCUT2D eigenvalue weighted by atomic mass is 127. The Bertz CT molecular complexity index is 460. The average molecular weight is 423 g/mol. The standard InChI is InChI=1S/C12H11I2N/c1-9-7-11(13)15(12(9)14)8-10-5-3-2-4-6-10/h2-7H,8H2,1H3. The third-order valence-corrected chi connectivity index (χ3v) is 4.67. The minimum Gasteiger partial charge on any atom is -0.327 e. The Morgan fingerprint density at radius 3 is 2.33 bits per heavy atom. The van der Waals surface area contributed by atoms with E-state index in [0.29, 0.717) is 0 Å². The number of hydrogen-bond donors (Lipinski definition) is 0. The summed E-state index contributed by atoms with van der Waals surface area (Å²) >= 11 is 4.80. The fourth-order valence-electron chi connectivity index (χ4n) is 1.53. The van der Waals surface area contributed by atoms with Crippen molar-refractivity contribution in [3.05, 3.63) is 54.9 Å². The van der Waals surface area contributed by atoms with Crippen LogP contribution in [-0.4, -0.2) is 4.57 Å². The first-order valence-electron chi connectivity index (χ1n) is 4.73. The number of benzene rings is 1. The maximum absolute atomic E-state index is 2.41. The van der Waals surface area contributed by atoms with E-state index in [1.807, 2.05) is 0 Å². The molecule has 0 aliphatic carbocycles. The third-order valence-electron chi connectivity index (χ3n) is 2.34. The Hall–Kier alpha value is -0.0400. The lowest BCUT2D eigenvalue weighted by Crippen LogP contribution is -2.03. The van der Waals surface area contributed by atoms with Crippen molar-refractivity contribution >= 4 is 45.2 Å². The van der Waals surface area contributed by atoms with Gasteiger partial charge in [-0.1, -0.05) is 30.3 Å². The smallest absolute Gasteiger partial charge is 0.0839 e. The normalized spacial score (nSPS) is 10.6. The molecule has 2 aromatic rings. The quantitative estimate of drug-likeness (QED) is 0.643. The molecule has 0 saturated heterocycles. The first kappa shape index (κ1) is 11.4. The summed E-state index contributed by atoms with van der Waals surface area (Å²) in [5.74, 6) is 0. The van der Waals surface area contributed by atoms with Gasteiger partial charge < -0.3 is 4.57 Å². The Labute approximate surface area is 117 Å². The SMILES string of the molecule is Cc1cc(I)n(Cc2ccccc2)c1I. The number of aryl methyl sites for hydroxylation is 1. The molecule has 3 heteroatoms. The van der Waals surface area contributed by atoms with Gasteiger partial charge in [-0.25, -0.2) is 0 Å². The maximum atomic E-state index is 2.41. The first-order chi connectivity index (χ1) is 7.18. The second kappa shape index (κ2) is 4.86. The van der Waals surface area contributed by atoms with Gasteiger partial charge in [0, 0.05) is 6.54 Å². The van der Waals surface area contributed by atoms with Crippen LogP contribution in [0.25, 0.3) is 0 Å². The zero-order valence-electron chi connectivity index (χ0n) is 8.37. The third kappa shape index (κ3) is 2.55. The van der Waals surface area contributed by atoms with E-state index in [1.165, 1.54) is 18.5 Å².